The molecule has 0 amide bonds. The van der Waals surface area contributed by atoms with Crippen molar-refractivity contribution in [2.45, 2.75) is 41.5 Å². The SMILES string of the molecule is [C-]#[N+]c1ccc(-c2ccc3c(c2)B(c2c(C)cc(C)cc2C)c2cc(-c4ccc(C#N)cc4)cc4c2N3c2ccc(-c3ccc(C#N)cc3)cc2B4c2c(C)cc(C)cc2C)cc1. The molecule has 296 valence electrons. The van der Waals surface area contributed by atoms with Crippen molar-refractivity contribution in [2.24, 2.45) is 0 Å². The van der Waals surface area contributed by atoms with Gasteiger partial charge >= 0.3 is 0 Å². The Hall–Kier alpha value is -7.84. The second kappa shape index (κ2) is 15.3. The van der Waals surface area contributed by atoms with Gasteiger partial charge in [0.2, 0.25) is 13.4 Å². The first-order chi connectivity index (χ1) is 30.5. The van der Waals surface area contributed by atoms with Gasteiger partial charge in [0.1, 0.15) is 0 Å². The van der Waals surface area contributed by atoms with Crippen LogP contribution < -0.4 is 37.7 Å². The second-order valence-corrected chi connectivity index (χ2v) is 17.4. The average Bonchev–Trinajstić information content (AvgIpc) is 3.29. The molecule has 2 aliphatic rings. The van der Waals surface area contributed by atoms with E-state index in [0.29, 0.717) is 16.8 Å². The summed E-state index contributed by atoms with van der Waals surface area (Å²) in [5, 5.41) is 19.4. The van der Waals surface area contributed by atoms with Gasteiger partial charge in [-0.1, -0.05) is 154 Å². The molecule has 0 unspecified atom stereocenters. The Labute approximate surface area is 371 Å². The summed E-state index contributed by atoms with van der Waals surface area (Å²) in [6, 6.07) is 56.4. The number of nitriles is 2. The van der Waals surface area contributed by atoms with Crippen molar-refractivity contribution in [3.63, 3.8) is 0 Å². The van der Waals surface area contributed by atoms with Gasteiger partial charge in [0.25, 0.3) is 0 Å². The van der Waals surface area contributed by atoms with E-state index in [4.69, 9.17) is 6.57 Å². The zero-order valence-corrected chi connectivity index (χ0v) is 36.3. The number of anilines is 3. The molecule has 0 spiro atoms. The van der Waals surface area contributed by atoms with Crippen molar-refractivity contribution in [3.05, 3.63) is 202 Å². The monoisotopic (exact) mass is 804 g/mol. The summed E-state index contributed by atoms with van der Waals surface area (Å²) in [5.41, 5.74) is 26.9. The van der Waals surface area contributed by atoms with Gasteiger partial charge in [-0.2, -0.15) is 10.5 Å². The van der Waals surface area contributed by atoms with Gasteiger partial charge in [0, 0.05) is 17.1 Å². The molecule has 63 heavy (non-hydrogen) atoms. The van der Waals surface area contributed by atoms with Crippen LogP contribution in [0.25, 0.3) is 38.2 Å². The van der Waals surface area contributed by atoms with Crippen LogP contribution in [0.2, 0.25) is 0 Å². The van der Waals surface area contributed by atoms with E-state index in [1.54, 1.807) is 0 Å². The lowest BCUT2D eigenvalue weighted by Crippen LogP contribution is -2.66. The maximum Gasteiger partial charge on any atom is 0.247 e. The minimum Gasteiger partial charge on any atom is -0.313 e. The number of hydrogen-bond acceptors (Lipinski definition) is 3. The van der Waals surface area contributed by atoms with Crippen LogP contribution in [0.4, 0.5) is 22.7 Å². The molecule has 6 heteroatoms. The normalized spacial score (nSPS) is 12.1. The van der Waals surface area contributed by atoms with Crippen LogP contribution in [0.3, 0.4) is 0 Å². The third kappa shape index (κ3) is 6.53. The van der Waals surface area contributed by atoms with E-state index in [2.05, 4.69) is 173 Å². The fourth-order valence-electron chi connectivity index (χ4n) is 10.7. The van der Waals surface area contributed by atoms with Crippen LogP contribution in [0.5, 0.6) is 0 Å². The third-order valence-electron chi connectivity index (χ3n) is 13.3. The van der Waals surface area contributed by atoms with Gasteiger partial charge in [-0.05, 0) is 133 Å². The van der Waals surface area contributed by atoms with Crippen LogP contribution in [0.1, 0.15) is 44.5 Å². The van der Waals surface area contributed by atoms with Crippen molar-refractivity contribution in [3.8, 4) is 45.5 Å². The molecule has 0 aromatic heterocycles. The third-order valence-corrected chi connectivity index (χ3v) is 13.3. The van der Waals surface area contributed by atoms with Crippen LogP contribution in [0, 0.1) is 70.8 Å². The van der Waals surface area contributed by atoms with E-state index in [9.17, 15) is 10.5 Å². The fourth-order valence-corrected chi connectivity index (χ4v) is 10.7. The highest BCUT2D eigenvalue weighted by molar-refractivity contribution is 7.02. The second-order valence-electron chi connectivity index (χ2n) is 17.4. The molecule has 0 saturated carbocycles. The molecule has 2 heterocycles. The summed E-state index contributed by atoms with van der Waals surface area (Å²) in [5.74, 6) is 0. The Morgan fingerprint density at radius 3 is 1.16 bits per heavy atom. The Balaban J connectivity index is 1.34. The van der Waals surface area contributed by atoms with Crippen LogP contribution in [-0.2, 0) is 0 Å². The van der Waals surface area contributed by atoms with Gasteiger partial charge in [-0.3, -0.25) is 0 Å². The quantitative estimate of drug-likeness (QED) is 0.129. The molecule has 0 bridgehead atoms. The summed E-state index contributed by atoms with van der Waals surface area (Å²) in [7, 11) is 0. The van der Waals surface area contributed by atoms with Gasteiger partial charge in [0.05, 0.1) is 29.8 Å². The van der Waals surface area contributed by atoms with E-state index < -0.39 is 0 Å². The lowest BCUT2D eigenvalue weighted by molar-refractivity contribution is 1.29. The van der Waals surface area contributed by atoms with Crippen molar-refractivity contribution in [1.29, 1.82) is 10.5 Å². The topological polar surface area (TPSA) is 55.2 Å². The molecule has 0 fully saturated rings. The number of fused-ring (bicyclic) bond motifs is 4. The number of rotatable bonds is 5. The van der Waals surface area contributed by atoms with Gasteiger partial charge in [-0.25, -0.2) is 4.85 Å². The minimum absolute atomic E-state index is 0.105. The van der Waals surface area contributed by atoms with Crippen LogP contribution in [-0.4, -0.2) is 13.4 Å². The lowest BCUT2D eigenvalue weighted by atomic mass is 9.29. The molecule has 8 aromatic carbocycles. The Morgan fingerprint density at radius 2 is 0.778 bits per heavy atom. The minimum atomic E-state index is -0.107. The van der Waals surface area contributed by atoms with Crippen LogP contribution >= 0.6 is 0 Å². The van der Waals surface area contributed by atoms with E-state index in [1.165, 1.54) is 71.8 Å². The Morgan fingerprint density at radius 1 is 0.429 bits per heavy atom. The van der Waals surface area contributed by atoms with Crippen molar-refractivity contribution in [2.75, 3.05) is 4.90 Å². The fraction of sp³-hybridized carbons (Fsp3) is 0.105. The summed E-state index contributed by atoms with van der Waals surface area (Å²) >= 11 is 0. The summed E-state index contributed by atoms with van der Waals surface area (Å²) in [4.78, 5) is 6.19. The number of nitrogens with zero attached hydrogens (tertiary/aromatic N) is 4. The van der Waals surface area contributed by atoms with Crippen molar-refractivity contribution >= 4 is 69.0 Å². The summed E-state index contributed by atoms with van der Waals surface area (Å²) in [6.07, 6.45) is 0. The largest absolute Gasteiger partial charge is 0.313 e. The highest BCUT2D eigenvalue weighted by Gasteiger charge is 2.45. The predicted octanol–water partition coefficient (Wildman–Crippen LogP) is 9.96. The zero-order chi connectivity index (χ0) is 43.7. The molecule has 0 aliphatic carbocycles. The van der Waals surface area contributed by atoms with Crippen molar-refractivity contribution < 1.29 is 0 Å². The Bertz CT molecular complexity index is 3090. The zero-order valence-electron chi connectivity index (χ0n) is 36.3. The number of benzene rings is 8. The van der Waals surface area contributed by atoms with E-state index >= 15 is 0 Å². The molecule has 0 radical (unpaired) electrons. The first-order valence-corrected chi connectivity index (χ1v) is 21.5. The standard InChI is InChI=1S/C57H42B2N4/c1-34-24-36(3)55(37(4)25-34)58-49-28-45(42-12-8-40(32-60)9-13-42)18-22-53(49)63-54-23-19-46(43-16-20-48(62-7)21-17-43)29-50(54)59(56-38(5)26-35(2)27-39(56)6)52-31-47(30-51(58)57(52)63)44-14-10-41(33-61)11-15-44/h8-31H,1-6H3. The molecule has 0 saturated heterocycles. The maximum atomic E-state index is 9.81. The van der Waals surface area contributed by atoms with Gasteiger partial charge < -0.3 is 4.90 Å². The molecular formula is C57H42B2N4. The van der Waals surface area contributed by atoms with Gasteiger partial charge in [0.15, 0.2) is 5.69 Å². The molecule has 4 nitrogen and oxygen atoms in total. The summed E-state index contributed by atoms with van der Waals surface area (Å²) in [6.45, 7) is 20.8. The van der Waals surface area contributed by atoms with E-state index in [1.807, 2.05) is 36.4 Å². The van der Waals surface area contributed by atoms with Crippen molar-refractivity contribution in [1.82, 2.24) is 0 Å². The lowest BCUT2D eigenvalue weighted by Gasteiger charge is -2.45. The maximum absolute atomic E-state index is 9.81. The molecule has 0 N–H and O–H groups in total. The molecule has 2 aliphatic heterocycles. The molecular weight excluding hydrogens is 762 g/mol. The summed E-state index contributed by atoms with van der Waals surface area (Å²) < 4.78 is 0. The van der Waals surface area contributed by atoms with Crippen LogP contribution in [0.15, 0.2) is 146 Å². The first kappa shape index (κ1) is 39.3. The molecule has 8 aromatic rings. The number of aryl methyl sites for hydroxylation is 6. The van der Waals surface area contributed by atoms with E-state index in [-0.39, 0.29) is 13.4 Å². The van der Waals surface area contributed by atoms with E-state index in [0.717, 1.165) is 44.8 Å². The predicted molar refractivity (Wildman–Crippen MR) is 264 cm³/mol. The number of hydrogen-bond donors (Lipinski definition) is 0. The smallest absolute Gasteiger partial charge is 0.247 e. The average molecular weight is 805 g/mol. The molecule has 10 rings (SSSR count). The molecule has 0 atom stereocenters. The highest BCUT2D eigenvalue weighted by Crippen LogP contribution is 2.41. The van der Waals surface area contributed by atoms with Gasteiger partial charge in [-0.15, -0.1) is 0 Å². The highest BCUT2D eigenvalue weighted by atomic mass is 15.2. The first-order valence-electron chi connectivity index (χ1n) is 21.5. The Kier molecular flexibility index (Phi) is 9.52.